The van der Waals surface area contributed by atoms with Crippen LogP contribution in [0.15, 0.2) is 0 Å². The second-order valence-corrected chi connectivity index (χ2v) is 6.92. The summed E-state index contributed by atoms with van der Waals surface area (Å²) < 4.78 is 5.12. The van der Waals surface area contributed by atoms with Crippen molar-refractivity contribution in [2.45, 2.75) is 58.6 Å². The Balaban J connectivity index is 2.91. The Hall–Kier alpha value is -2.12. The fraction of sp³-hybridized carbons (Fsp3) is 0.750. The first-order chi connectivity index (χ1) is 11.1. The molecule has 1 aliphatic rings. The fourth-order valence-corrected chi connectivity index (χ4v) is 2.66. The number of amides is 3. The van der Waals surface area contributed by atoms with Crippen molar-refractivity contribution >= 4 is 24.2 Å². The van der Waals surface area contributed by atoms with Crippen molar-refractivity contribution in [1.29, 1.82) is 0 Å². The van der Waals surface area contributed by atoms with E-state index in [0.717, 1.165) is 0 Å². The van der Waals surface area contributed by atoms with Gasteiger partial charge in [-0.1, -0.05) is 20.8 Å². The summed E-state index contributed by atoms with van der Waals surface area (Å²) in [6.07, 6.45) is 0.898. The minimum Gasteiger partial charge on any atom is -0.433 e. The highest BCUT2D eigenvalue weighted by Gasteiger charge is 2.50. The number of nitrogens with one attached hydrogen (secondary N) is 2. The maximum Gasteiger partial charge on any atom is 0.405 e. The molecule has 1 fully saturated rings. The molecule has 0 spiro atoms. The van der Waals surface area contributed by atoms with E-state index in [9.17, 15) is 19.2 Å². The molecule has 0 aromatic carbocycles. The Morgan fingerprint density at radius 3 is 2.50 bits per heavy atom. The van der Waals surface area contributed by atoms with E-state index in [2.05, 4.69) is 10.6 Å². The van der Waals surface area contributed by atoms with Crippen LogP contribution in [0.3, 0.4) is 0 Å². The number of carbonyl (C=O) groups excluding carboxylic acids is 4. The van der Waals surface area contributed by atoms with Crippen molar-refractivity contribution in [3.63, 3.8) is 0 Å². The van der Waals surface area contributed by atoms with Crippen LogP contribution in [-0.4, -0.2) is 42.4 Å². The summed E-state index contributed by atoms with van der Waals surface area (Å²) in [6.45, 7) is 7.44. The summed E-state index contributed by atoms with van der Waals surface area (Å²) in [4.78, 5) is 46.9. The molecule has 0 aromatic rings. The SMILES string of the molecule is CCC(C)(C)C(C)(OC(N)=O)C(=O)NC(C=O)CC1CCNC1=O. The van der Waals surface area contributed by atoms with Gasteiger partial charge in [0, 0.05) is 17.9 Å². The van der Waals surface area contributed by atoms with Gasteiger partial charge >= 0.3 is 6.09 Å². The van der Waals surface area contributed by atoms with Crippen LogP contribution in [0.2, 0.25) is 0 Å². The number of nitrogens with two attached hydrogens (primary N) is 1. The predicted octanol–water partition coefficient (Wildman–Crippen LogP) is 0.487. The van der Waals surface area contributed by atoms with Crippen molar-refractivity contribution < 1.29 is 23.9 Å². The number of carbonyl (C=O) groups is 4. The Labute approximate surface area is 141 Å². The van der Waals surface area contributed by atoms with Crippen LogP contribution in [0.4, 0.5) is 4.79 Å². The van der Waals surface area contributed by atoms with Crippen LogP contribution in [0.25, 0.3) is 0 Å². The molecule has 1 heterocycles. The third kappa shape index (κ3) is 4.24. The molecule has 1 rings (SSSR count). The van der Waals surface area contributed by atoms with Crippen molar-refractivity contribution in [1.82, 2.24) is 10.6 Å². The summed E-state index contributed by atoms with van der Waals surface area (Å²) in [5.41, 5.74) is 2.88. The van der Waals surface area contributed by atoms with Crippen molar-refractivity contribution in [3.05, 3.63) is 0 Å². The number of rotatable bonds is 8. The lowest BCUT2D eigenvalue weighted by molar-refractivity contribution is -0.152. The molecule has 3 unspecified atom stereocenters. The first-order valence-electron chi connectivity index (χ1n) is 8.09. The van der Waals surface area contributed by atoms with Crippen LogP contribution >= 0.6 is 0 Å². The third-order valence-corrected chi connectivity index (χ3v) is 5.10. The summed E-state index contributed by atoms with van der Waals surface area (Å²) in [5, 5.41) is 5.27. The quantitative estimate of drug-likeness (QED) is 0.554. The molecule has 3 atom stereocenters. The zero-order chi connectivity index (χ0) is 18.5. The molecule has 8 heteroatoms. The zero-order valence-electron chi connectivity index (χ0n) is 14.7. The van der Waals surface area contributed by atoms with Gasteiger partial charge in [0.15, 0.2) is 5.60 Å². The smallest absolute Gasteiger partial charge is 0.405 e. The number of aldehydes is 1. The van der Waals surface area contributed by atoms with Gasteiger partial charge in [-0.05, 0) is 26.2 Å². The minimum absolute atomic E-state index is 0.124. The van der Waals surface area contributed by atoms with Crippen LogP contribution in [0, 0.1) is 11.3 Å². The molecule has 24 heavy (non-hydrogen) atoms. The lowest BCUT2D eigenvalue weighted by Gasteiger charge is -2.41. The lowest BCUT2D eigenvalue weighted by Crippen LogP contribution is -2.59. The van der Waals surface area contributed by atoms with E-state index in [-0.39, 0.29) is 18.2 Å². The van der Waals surface area contributed by atoms with Gasteiger partial charge in [-0.3, -0.25) is 9.59 Å². The first kappa shape index (κ1) is 19.9. The highest BCUT2D eigenvalue weighted by Crippen LogP contribution is 2.37. The van der Waals surface area contributed by atoms with E-state index in [1.165, 1.54) is 6.92 Å². The number of hydrogen-bond acceptors (Lipinski definition) is 5. The summed E-state index contributed by atoms with van der Waals surface area (Å²) >= 11 is 0. The second kappa shape index (κ2) is 7.63. The van der Waals surface area contributed by atoms with Crippen LogP contribution in [0.1, 0.15) is 47.0 Å². The van der Waals surface area contributed by atoms with E-state index in [1.807, 2.05) is 6.92 Å². The molecular formula is C16H27N3O5. The number of primary amides is 1. The Kier molecular flexibility index (Phi) is 6.34. The molecule has 0 aromatic heterocycles. The molecule has 3 amide bonds. The molecule has 136 valence electrons. The average Bonchev–Trinajstić information content (AvgIpc) is 2.90. The molecule has 4 N–H and O–H groups in total. The molecule has 0 aliphatic carbocycles. The van der Waals surface area contributed by atoms with Gasteiger partial charge in [-0.2, -0.15) is 0 Å². The Morgan fingerprint density at radius 2 is 2.08 bits per heavy atom. The lowest BCUT2D eigenvalue weighted by atomic mass is 9.73. The van der Waals surface area contributed by atoms with Crippen molar-refractivity contribution in [3.8, 4) is 0 Å². The molecule has 0 radical (unpaired) electrons. The van der Waals surface area contributed by atoms with Gasteiger partial charge in [-0.15, -0.1) is 0 Å². The maximum atomic E-state index is 12.7. The molecular weight excluding hydrogens is 314 g/mol. The number of hydrogen-bond donors (Lipinski definition) is 3. The van der Waals surface area contributed by atoms with Gasteiger partial charge < -0.3 is 25.9 Å². The normalized spacial score (nSPS) is 21.3. The first-order valence-corrected chi connectivity index (χ1v) is 8.09. The predicted molar refractivity (Wildman–Crippen MR) is 86.9 cm³/mol. The van der Waals surface area contributed by atoms with Gasteiger partial charge in [-0.25, -0.2) is 4.79 Å². The van der Waals surface area contributed by atoms with E-state index < -0.39 is 29.1 Å². The van der Waals surface area contributed by atoms with E-state index in [0.29, 0.717) is 25.7 Å². The van der Waals surface area contributed by atoms with Gasteiger partial charge in [0.1, 0.15) is 6.29 Å². The van der Waals surface area contributed by atoms with Crippen LogP contribution in [-0.2, 0) is 19.1 Å². The molecule has 1 aliphatic heterocycles. The van der Waals surface area contributed by atoms with E-state index in [1.54, 1.807) is 13.8 Å². The topological polar surface area (TPSA) is 128 Å². The minimum atomic E-state index is -1.53. The van der Waals surface area contributed by atoms with Crippen molar-refractivity contribution in [2.75, 3.05) is 6.54 Å². The molecule has 0 bridgehead atoms. The average molecular weight is 341 g/mol. The molecule has 8 nitrogen and oxygen atoms in total. The van der Waals surface area contributed by atoms with Crippen LogP contribution in [0.5, 0.6) is 0 Å². The standard InChI is InChI=1S/C16H27N3O5/c1-5-15(2,3)16(4,24-14(17)23)13(22)19-11(9-20)8-10-6-7-18-12(10)21/h9-11H,5-8H2,1-4H3,(H2,17,23)(H,18,21)(H,19,22). The maximum absolute atomic E-state index is 12.7. The second-order valence-electron chi connectivity index (χ2n) is 6.92. The fourth-order valence-electron chi connectivity index (χ4n) is 2.66. The summed E-state index contributed by atoms with van der Waals surface area (Å²) in [7, 11) is 0. The van der Waals surface area contributed by atoms with E-state index >= 15 is 0 Å². The summed E-state index contributed by atoms with van der Waals surface area (Å²) in [5.74, 6) is -1.05. The van der Waals surface area contributed by atoms with Crippen molar-refractivity contribution in [2.24, 2.45) is 17.1 Å². The van der Waals surface area contributed by atoms with Gasteiger partial charge in [0.05, 0.1) is 6.04 Å². The third-order valence-electron chi connectivity index (χ3n) is 5.10. The molecule has 0 saturated carbocycles. The number of ether oxygens (including phenoxy) is 1. The summed E-state index contributed by atoms with van der Waals surface area (Å²) in [6, 6.07) is -0.838. The largest absolute Gasteiger partial charge is 0.433 e. The highest BCUT2D eigenvalue weighted by molar-refractivity contribution is 5.90. The zero-order valence-corrected chi connectivity index (χ0v) is 14.7. The van der Waals surface area contributed by atoms with Crippen LogP contribution < -0.4 is 16.4 Å². The highest BCUT2D eigenvalue weighted by atomic mass is 16.6. The van der Waals surface area contributed by atoms with Gasteiger partial charge in [0.25, 0.3) is 5.91 Å². The Morgan fingerprint density at radius 1 is 1.46 bits per heavy atom. The Bertz CT molecular complexity index is 520. The molecule has 1 saturated heterocycles. The van der Waals surface area contributed by atoms with E-state index in [4.69, 9.17) is 10.5 Å². The monoisotopic (exact) mass is 341 g/mol. The van der Waals surface area contributed by atoms with Gasteiger partial charge in [0.2, 0.25) is 5.91 Å².